The number of fused-ring (bicyclic) bond motifs is 1. The molecule has 1 saturated heterocycles. The van der Waals surface area contributed by atoms with Gasteiger partial charge in [-0.25, -0.2) is 9.97 Å². The van der Waals surface area contributed by atoms with Crippen molar-refractivity contribution < 1.29 is 4.74 Å². The van der Waals surface area contributed by atoms with Gasteiger partial charge in [0.25, 0.3) is 0 Å². The van der Waals surface area contributed by atoms with E-state index in [1.54, 1.807) is 0 Å². The molecular weight excluding hydrogens is 434 g/mol. The Hall–Kier alpha value is -3.27. The second-order valence-electron chi connectivity index (χ2n) is 8.01. The second-order valence-corrected chi connectivity index (χ2v) is 8.85. The van der Waals surface area contributed by atoms with E-state index in [2.05, 4.69) is 61.9 Å². The van der Waals surface area contributed by atoms with Crippen LogP contribution in [0.1, 0.15) is 6.42 Å². The van der Waals surface area contributed by atoms with Crippen molar-refractivity contribution in [1.29, 1.82) is 0 Å². The standard InChI is InChI=1S/C24H27N7OS/c25-23(26)29-24-28-20(16-33-24)17-6-8-18(9-7-17)22-27-19-4-1-2-5-21(19)31(22)11-3-10-30-12-14-32-15-13-30/h1-2,4-9,16H,3,10-15H2,(H4,25,26,28,29). The maximum atomic E-state index is 5.47. The van der Waals surface area contributed by atoms with E-state index >= 15 is 0 Å². The number of morpholine rings is 1. The summed E-state index contributed by atoms with van der Waals surface area (Å²) in [6, 6.07) is 16.7. The number of rotatable bonds is 7. The molecule has 5 rings (SSSR count). The average molecular weight is 462 g/mol. The molecule has 170 valence electrons. The molecule has 4 aromatic rings. The lowest BCUT2D eigenvalue weighted by atomic mass is 10.1. The highest BCUT2D eigenvalue weighted by molar-refractivity contribution is 7.13. The fraction of sp³-hybridized carbons (Fsp3) is 0.292. The summed E-state index contributed by atoms with van der Waals surface area (Å²) in [6.45, 7) is 5.68. The largest absolute Gasteiger partial charge is 0.379 e. The molecule has 1 aliphatic heterocycles. The molecule has 3 heterocycles. The van der Waals surface area contributed by atoms with E-state index in [1.807, 2.05) is 11.4 Å². The van der Waals surface area contributed by atoms with E-state index in [4.69, 9.17) is 21.2 Å². The summed E-state index contributed by atoms with van der Waals surface area (Å²) < 4.78 is 7.81. The first-order valence-corrected chi connectivity index (χ1v) is 12.0. The van der Waals surface area contributed by atoms with Gasteiger partial charge in [0.1, 0.15) is 5.82 Å². The van der Waals surface area contributed by atoms with Gasteiger partial charge < -0.3 is 20.8 Å². The fourth-order valence-electron chi connectivity index (χ4n) is 4.15. The Morgan fingerprint density at radius 1 is 0.970 bits per heavy atom. The van der Waals surface area contributed by atoms with Crippen molar-refractivity contribution in [3.63, 3.8) is 0 Å². The quantitative estimate of drug-likeness (QED) is 0.322. The van der Waals surface area contributed by atoms with Gasteiger partial charge in [0, 0.05) is 42.7 Å². The molecule has 0 atom stereocenters. The molecule has 33 heavy (non-hydrogen) atoms. The maximum Gasteiger partial charge on any atom is 0.212 e. The average Bonchev–Trinajstić information content (AvgIpc) is 3.44. The highest BCUT2D eigenvalue weighted by Gasteiger charge is 2.15. The van der Waals surface area contributed by atoms with Crippen molar-refractivity contribution >= 4 is 33.5 Å². The van der Waals surface area contributed by atoms with Crippen LogP contribution in [0.15, 0.2) is 58.9 Å². The number of nitrogens with zero attached hydrogens (tertiary/aromatic N) is 5. The van der Waals surface area contributed by atoms with Crippen LogP contribution < -0.4 is 11.5 Å². The lowest BCUT2D eigenvalue weighted by Crippen LogP contribution is -2.37. The normalized spacial score (nSPS) is 14.5. The zero-order valence-electron chi connectivity index (χ0n) is 18.4. The predicted octanol–water partition coefficient (Wildman–Crippen LogP) is 3.45. The van der Waals surface area contributed by atoms with Gasteiger partial charge >= 0.3 is 0 Å². The number of guanidine groups is 1. The number of hydrogen-bond acceptors (Lipinski definition) is 6. The summed E-state index contributed by atoms with van der Waals surface area (Å²) in [5, 5.41) is 2.51. The number of ether oxygens (including phenoxy) is 1. The van der Waals surface area contributed by atoms with Gasteiger partial charge in [0.15, 0.2) is 5.96 Å². The Labute approximate surface area is 196 Å². The van der Waals surface area contributed by atoms with Crippen molar-refractivity contribution in [3.8, 4) is 22.6 Å². The van der Waals surface area contributed by atoms with E-state index in [0.717, 1.165) is 74.0 Å². The first kappa shape index (κ1) is 21.6. The molecular formula is C24H27N7OS. The minimum atomic E-state index is 0.0128. The highest BCUT2D eigenvalue weighted by atomic mass is 32.1. The molecule has 1 fully saturated rings. The van der Waals surface area contributed by atoms with Crippen LogP contribution in [0.4, 0.5) is 5.13 Å². The third kappa shape index (κ3) is 4.90. The van der Waals surface area contributed by atoms with E-state index in [-0.39, 0.29) is 5.96 Å². The van der Waals surface area contributed by atoms with E-state index in [9.17, 15) is 0 Å². The number of aryl methyl sites for hydroxylation is 1. The van der Waals surface area contributed by atoms with Gasteiger partial charge in [-0.1, -0.05) is 36.4 Å². The smallest absolute Gasteiger partial charge is 0.212 e. The molecule has 8 nitrogen and oxygen atoms in total. The minimum absolute atomic E-state index is 0.0128. The molecule has 9 heteroatoms. The SMILES string of the molecule is NC(N)=Nc1nc(-c2ccc(-c3nc4ccccc4n3CCCN3CCOCC3)cc2)cs1. The Kier molecular flexibility index (Phi) is 6.34. The summed E-state index contributed by atoms with van der Waals surface area (Å²) in [7, 11) is 0. The van der Waals surface area contributed by atoms with Crippen LogP contribution >= 0.6 is 11.3 Å². The van der Waals surface area contributed by atoms with Gasteiger partial charge in [-0.3, -0.25) is 4.90 Å². The van der Waals surface area contributed by atoms with Gasteiger partial charge in [-0.05, 0) is 18.6 Å². The van der Waals surface area contributed by atoms with Crippen molar-refractivity contribution in [2.75, 3.05) is 32.8 Å². The Morgan fingerprint density at radius 2 is 1.73 bits per heavy atom. The summed E-state index contributed by atoms with van der Waals surface area (Å²) in [4.78, 5) is 16.0. The molecule has 0 amide bonds. The molecule has 2 aromatic carbocycles. The summed E-state index contributed by atoms with van der Waals surface area (Å²) in [6.07, 6.45) is 1.07. The number of para-hydroxylation sites is 2. The Bertz CT molecular complexity index is 1250. The third-order valence-electron chi connectivity index (χ3n) is 5.77. The number of nitrogens with two attached hydrogens (primary N) is 2. The third-order valence-corrected chi connectivity index (χ3v) is 6.50. The molecule has 0 saturated carbocycles. The van der Waals surface area contributed by atoms with Crippen molar-refractivity contribution in [3.05, 3.63) is 53.9 Å². The Morgan fingerprint density at radius 3 is 2.52 bits per heavy atom. The topological polar surface area (TPSA) is 108 Å². The van der Waals surface area contributed by atoms with Gasteiger partial charge in [-0.15, -0.1) is 11.3 Å². The lowest BCUT2D eigenvalue weighted by Gasteiger charge is -2.26. The molecule has 0 unspecified atom stereocenters. The number of imidazole rings is 1. The highest BCUT2D eigenvalue weighted by Crippen LogP contribution is 2.30. The zero-order valence-corrected chi connectivity index (χ0v) is 19.2. The first-order chi connectivity index (χ1) is 16.2. The number of thiazole rings is 1. The zero-order chi connectivity index (χ0) is 22.6. The lowest BCUT2D eigenvalue weighted by molar-refractivity contribution is 0.0370. The number of hydrogen-bond donors (Lipinski definition) is 2. The predicted molar refractivity (Wildman–Crippen MR) is 134 cm³/mol. The van der Waals surface area contributed by atoms with E-state index in [0.29, 0.717) is 5.13 Å². The number of aromatic nitrogens is 3. The van der Waals surface area contributed by atoms with Crippen LogP contribution in [0.3, 0.4) is 0 Å². The van der Waals surface area contributed by atoms with E-state index < -0.39 is 0 Å². The van der Waals surface area contributed by atoms with Crippen LogP contribution in [0.25, 0.3) is 33.7 Å². The molecule has 1 aliphatic rings. The number of benzene rings is 2. The van der Waals surface area contributed by atoms with Crippen LogP contribution in [0.5, 0.6) is 0 Å². The molecule has 0 radical (unpaired) electrons. The molecule has 4 N–H and O–H groups in total. The van der Waals surface area contributed by atoms with E-state index in [1.165, 1.54) is 16.9 Å². The van der Waals surface area contributed by atoms with Crippen molar-refractivity contribution in [1.82, 2.24) is 19.4 Å². The van der Waals surface area contributed by atoms with Crippen LogP contribution in [0.2, 0.25) is 0 Å². The molecule has 0 spiro atoms. The fourth-order valence-corrected chi connectivity index (χ4v) is 4.86. The molecule has 0 aliphatic carbocycles. The van der Waals surface area contributed by atoms with Gasteiger partial charge in [0.05, 0.1) is 29.9 Å². The van der Waals surface area contributed by atoms with Crippen molar-refractivity contribution in [2.45, 2.75) is 13.0 Å². The molecule has 2 aromatic heterocycles. The molecule has 0 bridgehead atoms. The first-order valence-electron chi connectivity index (χ1n) is 11.1. The minimum Gasteiger partial charge on any atom is -0.379 e. The maximum absolute atomic E-state index is 5.47. The van der Waals surface area contributed by atoms with Crippen molar-refractivity contribution in [2.24, 2.45) is 16.5 Å². The number of aliphatic imine (C=N–C) groups is 1. The van der Waals surface area contributed by atoms with Gasteiger partial charge in [-0.2, -0.15) is 4.99 Å². The van der Waals surface area contributed by atoms with Crippen LogP contribution in [-0.4, -0.2) is 58.2 Å². The second kappa shape index (κ2) is 9.70. The summed E-state index contributed by atoms with van der Waals surface area (Å²) in [5.41, 5.74) is 16.1. The Balaban J connectivity index is 1.39. The summed E-state index contributed by atoms with van der Waals surface area (Å²) in [5.74, 6) is 1.00. The van der Waals surface area contributed by atoms with Crippen LogP contribution in [0, 0.1) is 0 Å². The monoisotopic (exact) mass is 461 g/mol. The van der Waals surface area contributed by atoms with Crippen LogP contribution in [-0.2, 0) is 11.3 Å². The van der Waals surface area contributed by atoms with Gasteiger partial charge in [0.2, 0.25) is 5.13 Å². The summed E-state index contributed by atoms with van der Waals surface area (Å²) >= 11 is 1.41.